The third kappa shape index (κ3) is 15.8. The summed E-state index contributed by atoms with van der Waals surface area (Å²) in [6.45, 7) is 11.3. The van der Waals surface area contributed by atoms with Gasteiger partial charge in [-0.1, -0.05) is 70.6 Å². The minimum Gasteiger partial charge on any atom is -0.460 e. The van der Waals surface area contributed by atoms with Gasteiger partial charge in [0.2, 0.25) is 11.6 Å². The highest BCUT2D eigenvalue weighted by molar-refractivity contribution is 5.87. The SMILES string of the molecule is CO[C@H]1C[C@@H]2CC[C@@H](C)[C@@](O)(O2)C(=O)COCN2CCCC[C@H]2C(=O)O[C@H]([C@H](C)C[C@@H]2CC[C@@H](O)[C@H](OC)C2)CC(=O)C/C=C(\C)[C@@H](O)[C@@H](OC)C(=O)[C@H](C)C[C@H](C)/C=C/C=C/C=C1C. The molecule has 1 saturated carbocycles. The molecule has 0 unspecified atom stereocenters. The van der Waals surface area contributed by atoms with Crippen molar-refractivity contribution in [2.75, 3.05) is 41.2 Å². The van der Waals surface area contributed by atoms with E-state index in [2.05, 4.69) is 0 Å². The van der Waals surface area contributed by atoms with Crippen molar-refractivity contribution in [1.82, 2.24) is 4.90 Å². The van der Waals surface area contributed by atoms with Crippen LogP contribution in [0.5, 0.6) is 0 Å². The minimum atomic E-state index is -2.05. The van der Waals surface area contributed by atoms with Crippen LogP contribution in [0.1, 0.15) is 125 Å². The number of ether oxygens (including phenoxy) is 6. The van der Waals surface area contributed by atoms with Crippen molar-refractivity contribution in [3.8, 4) is 0 Å². The van der Waals surface area contributed by atoms with Gasteiger partial charge >= 0.3 is 5.97 Å². The Kier molecular flexibility index (Phi) is 22.4. The Bertz CT molecular complexity index is 1680. The van der Waals surface area contributed by atoms with Crippen molar-refractivity contribution >= 4 is 23.3 Å². The van der Waals surface area contributed by atoms with Crippen molar-refractivity contribution in [3.05, 3.63) is 47.6 Å². The Morgan fingerprint density at radius 2 is 1.63 bits per heavy atom. The van der Waals surface area contributed by atoms with Crippen molar-refractivity contribution < 1.29 is 62.9 Å². The molecule has 14 atom stereocenters. The average molecular weight is 916 g/mol. The Morgan fingerprint density at radius 3 is 2.34 bits per heavy atom. The largest absolute Gasteiger partial charge is 0.460 e. The number of aliphatic hydroxyl groups is 3. The number of carbonyl (C=O) groups excluding carboxylic acids is 4. The molecule has 0 aromatic rings. The van der Waals surface area contributed by atoms with Crippen molar-refractivity contribution in [3.63, 3.8) is 0 Å². The smallest absolute Gasteiger partial charge is 0.323 e. The van der Waals surface area contributed by atoms with E-state index in [9.17, 15) is 34.5 Å². The molecule has 3 fully saturated rings. The van der Waals surface area contributed by atoms with Crippen LogP contribution in [0, 0.1) is 29.6 Å². The summed E-state index contributed by atoms with van der Waals surface area (Å²) in [6.07, 6.45) is 13.4. The maximum absolute atomic E-state index is 14.2. The first kappa shape index (κ1) is 54.7. The number of hydrogen-bond acceptors (Lipinski definition) is 14. The van der Waals surface area contributed by atoms with Gasteiger partial charge in [0.15, 0.2) is 5.78 Å². The van der Waals surface area contributed by atoms with Crippen molar-refractivity contribution in [1.29, 1.82) is 0 Å². The van der Waals surface area contributed by atoms with Crippen LogP contribution in [0.25, 0.3) is 0 Å². The van der Waals surface area contributed by atoms with Crippen LogP contribution in [0.15, 0.2) is 47.6 Å². The molecule has 0 amide bonds. The second-order valence-electron chi connectivity index (χ2n) is 19.5. The van der Waals surface area contributed by atoms with Crippen LogP contribution >= 0.6 is 0 Å². The lowest BCUT2D eigenvalue weighted by Gasteiger charge is -2.41. The molecule has 0 spiro atoms. The summed E-state index contributed by atoms with van der Waals surface area (Å²) in [4.78, 5) is 57.1. The fourth-order valence-electron chi connectivity index (χ4n) is 9.98. The Morgan fingerprint density at radius 1 is 0.877 bits per heavy atom. The van der Waals surface area contributed by atoms with Gasteiger partial charge in [-0.15, -0.1) is 0 Å². The highest BCUT2D eigenvalue weighted by Gasteiger charge is 2.48. The number of esters is 1. The topological polar surface area (TPSA) is 188 Å². The number of Topliss-reactive ketones (excluding diaryl/α,β-unsaturated/α-hetero) is 3. The molecule has 0 radical (unpaired) electrons. The number of ketones is 3. The molecule has 2 saturated heterocycles. The van der Waals surface area contributed by atoms with Gasteiger partial charge in [-0.2, -0.15) is 0 Å². The summed E-state index contributed by atoms with van der Waals surface area (Å²) in [6, 6.07) is -0.674. The third-order valence-corrected chi connectivity index (χ3v) is 14.4. The lowest BCUT2D eigenvalue weighted by molar-refractivity contribution is -0.268. The van der Waals surface area contributed by atoms with Crippen molar-refractivity contribution in [2.24, 2.45) is 29.6 Å². The third-order valence-electron chi connectivity index (χ3n) is 14.4. The molecule has 368 valence electrons. The molecule has 0 aromatic heterocycles. The first-order chi connectivity index (χ1) is 30.9. The monoisotopic (exact) mass is 916 g/mol. The first-order valence-corrected chi connectivity index (χ1v) is 24.1. The Balaban J connectivity index is 1.60. The predicted octanol–water partition coefficient (Wildman–Crippen LogP) is 6.38. The molecular weight excluding hydrogens is 835 g/mol. The van der Waals surface area contributed by atoms with Gasteiger partial charge in [-0.3, -0.25) is 24.1 Å². The number of hydrogen-bond donors (Lipinski definition) is 3. The fourth-order valence-corrected chi connectivity index (χ4v) is 9.98. The molecule has 14 heteroatoms. The Labute approximate surface area is 388 Å². The minimum absolute atomic E-state index is 0.0402. The molecule has 65 heavy (non-hydrogen) atoms. The Hall–Kier alpha value is -2.92. The summed E-state index contributed by atoms with van der Waals surface area (Å²) < 4.78 is 35.4. The van der Waals surface area contributed by atoms with E-state index < -0.39 is 72.5 Å². The van der Waals surface area contributed by atoms with Crippen LogP contribution in [-0.4, -0.2) is 139 Å². The number of methoxy groups -OCH3 is 3. The van der Waals surface area contributed by atoms with Gasteiger partial charge in [0.1, 0.15) is 43.5 Å². The zero-order valence-electron chi connectivity index (χ0n) is 40.7. The lowest BCUT2D eigenvalue weighted by atomic mass is 9.78. The number of cyclic esters (lactones) is 1. The number of carbonyl (C=O) groups is 4. The zero-order chi connectivity index (χ0) is 47.8. The maximum Gasteiger partial charge on any atom is 0.323 e. The predicted molar refractivity (Wildman–Crippen MR) is 246 cm³/mol. The second-order valence-corrected chi connectivity index (χ2v) is 19.5. The van der Waals surface area contributed by atoms with E-state index in [1.54, 1.807) is 34.1 Å². The summed E-state index contributed by atoms with van der Waals surface area (Å²) in [5.41, 5.74) is 1.37. The van der Waals surface area contributed by atoms with E-state index in [0.29, 0.717) is 63.5 Å². The molecule has 3 N–H and O–H groups in total. The number of aliphatic hydroxyl groups excluding tert-OH is 2. The molecule has 4 aliphatic rings. The standard InChI is InChI=1S/C51H81NO13/c1-32-15-11-10-12-16-33(2)43(60-7)29-40-22-19-37(6)51(59,65-40)46(55)30-63-31-52-24-14-13-17-41(52)50(58)64-44(35(4)26-38-20-23-42(54)45(27-38)61-8)28-39(53)21-18-34(3)47(56)49(62-9)48(57)36(5)25-32/h10-12,15-16,18,32,35-38,40-45,47,49,54,56,59H,13-14,17,19-31H2,1-9H3/b12-10+,15-11+,33-16?,34-18+/t32-,35-,36-,37-,38+,40+,41+,42-,43+,44+,45-,47-,49-,51-/m1/s1. The van der Waals surface area contributed by atoms with Crippen LogP contribution in [0.3, 0.4) is 0 Å². The number of fused-ring (bicyclic) bond motifs is 3. The van der Waals surface area contributed by atoms with Crippen LogP contribution < -0.4 is 0 Å². The van der Waals surface area contributed by atoms with Gasteiger partial charge in [-0.25, -0.2) is 0 Å². The lowest BCUT2D eigenvalue weighted by Crippen LogP contribution is -2.55. The quantitative estimate of drug-likeness (QED) is 0.197. The highest BCUT2D eigenvalue weighted by Crippen LogP contribution is 2.37. The molecule has 14 nitrogen and oxygen atoms in total. The van der Waals surface area contributed by atoms with E-state index in [1.165, 1.54) is 7.11 Å². The van der Waals surface area contributed by atoms with Gasteiger partial charge in [0, 0.05) is 59.0 Å². The molecule has 4 rings (SSSR count). The number of allylic oxidation sites excluding steroid dienone is 6. The molecule has 0 aromatic carbocycles. The van der Waals surface area contributed by atoms with Crippen LogP contribution in [0.2, 0.25) is 0 Å². The van der Waals surface area contributed by atoms with Gasteiger partial charge < -0.3 is 43.7 Å². The molecule has 3 heterocycles. The first-order valence-electron chi connectivity index (χ1n) is 24.1. The van der Waals surface area contributed by atoms with E-state index in [0.717, 1.165) is 24.8 Å². The number of piperidine rings is 1. The summed E-state index contributed by atoms with van der Waals surface area (Å²) in [5, 5.41) is 33.5. The van der Waals surface area contributed by atoms with E-state index >= 15 is 0 Å². The average Bonchev–Trinajstić information content (AvgIpc) is 3.28. The molecular formula is C51H81NO13. The summed E-state index contributed by atoms with van der Waals surface area (Å²) in [7, 11) is 4.61. The van der Waals surface area contributed by atoms with E-state index in [-0.39, 0.29) is 61.1 Å². The second kappa shape index (κ2) is 26.6. The van der Waals surface area contributed by atoms with E-state index in [4.69, 9.17) is 28.4 Å². The van der Waals surface area contributed by atoms with E-state index in [1.807, 2.05) is 63.0 Å². The van der Waals surface area contributed by atoms with Gasteiger partial charge in [0.05, 0.1) is 24.4 Å². The maximum atomic E-state index is 14.2. The molecule has 1 aliphatic carbocycles. The van der Waals surface area contributed by atoms with Crippen molar-refractivity contribution in [2.45, 2.75) is 180 Å². The highest BCUT2D eigenvalue weighted by atomic mass is 16.6. The normalized spacial score (nSPS) is 39.1. The summed E-state index contributed by atoms with van der Waals surface area (Å²) >= 11 is 0. The fraction of sp³-hybridized carbons (Fsp3) is 0.765. The van der Waals surface area contributed by atoms with Gasteiger partial charge in [0.25, 0.3) is 0 Å². The number of rotatable bonds is 6. The van der Waals surface area contributed by atoms with Crippen LogP contribution in [0.4, 0.5) is 0 Å². The number of nitrogens with zero attached hydrogens (tertiary/aromatic N) is 1. The molecule has 2 bridgehead atoms. The van der Waals surface area contributed by atoms with Crippen LogP contribution in [-0.2, 0) is 47.6 Å². The molecule has 3 aliphatic heterocycles. The zero-order valence-corrected chi connectivity index (χ0v) is 40.7. The van der Waals surface area contributed by atoms with Gasteiger partial charge in [-0.05, 0) is 101 Å². The summed E-state index contributed by atoms with van der Waals surface area (Å²) in [5.74, 6) is -4.41.